The Balaban J connectivity index is 3.62. The fourth-order valence-electron chi connectivity index (χ4n) is 0.968. The van der Waals surface area contributed by atoms with Gasteiger partial charge in [0.15, 0.2) is 0 Å². The van der Waals surface area contributed by atoms with E-state index < -0.39 is 0 Å². The van der Waals surface area contributed by atoms with Gasteiger partial charge in [0.1, 0.15) is 0 Å². The Kier molecular flexibility index (Phi) is 4.87. The van der Waals surface area contributed by atoms with E-state index in [-0.39, 0.29) is 5.41 Å². The molecule has 0 unspecified atom stereocenters. The zero-order valence-corrected chi connectivity index (χ0v) is 10.8. The first kappa shape index (κ1) is 13.7. The predicted octanol–water partition coefficient (Wildman–Crippen LogP) is 3.61. The first-order chi connectivity index (χ1) is 6.13. The Bertz CT molecular complexity index is 178. The molecule has 0 aromatic heterocycles. The lowest BCUT2D eigenvalue weighted by atomic mass is 9.87. The van der Waals surface area contributed by atoms with Gasteiger partial charge >= 0.3 is 0 Å². The van der Waals surface area contributed by atoms with Crippen LogP contribution in [0.2, 0.25) is 0 Å². The zero-order chi connectivity index (χ0) is 11.4. The minimum atomic E-state index is 0.231. The van der Waals surface area contributed by atoms with Gasteiger partial charge in [-0.3, -0.25) is 0 Å². The molecule has 84 valence electrons. The summed E-state index contributed by atoms with van der Waals surface area (Å²) in [6.07, 6.45) is 1.21. The molecule has 0 radical (unpaired) electrons. The molecule has 1 heteroatoms. The molecule has 0 fully saturated rings. The molecule has 1 nitrogen and oxygen atoms in total. The monoisotopic (exact) mass is 197 g/mol. The van der Waals surface area contributed by atoms with Crippen LogP contribution >= 0.6 is 0 Å². The molecular weight excluding hydrogens is 170 g/mol. The molecule has 0 aliphatic rings. The van der Waals surface area contributed by atoms with Gasteiger partial charge in [0.2, 0.25) is 0 Å². The molecule has 0 aliphatic carbocycles. The first-order valence-corrected chi connectivity index (χ1v) is 5.52. The van der Waals surface area contributed by atoms with Crippen LogP contribution in [0.3, 0.4) is 0 Å². The molecular formula is C13H27N. The molecule has 0 aromatic rings. The molecule has 0 saturated carbocycles. The Morgan fingerprint density at radius 3 is 1.93 bits per heavy atom. The predicted molar refractivity (Wildman–Crippen MR) is 65.5 cm³/mol. The van der Waals surface area contributed by atoms with Crippen LogP contribution in [0.25, 0.3) is 0 Å². The topological polar surface area (TPSA) is 12.0 Å². The zero-order valence-electron chi connectivity index (χ0n) is 10.8. The van der Waals surface area contributed by atoms with Crippen molar-refractivity contribution in [1.82, 2.24) is 5.32 Å². The number of nitrogens with one attached hydrogen (secondary N) is 1. The smallest absolute Gasteiger partial charge is 0.0167 e. The van der Waals surface area contributed by atoms with Crippen LogP contribution in [0.5, 0.6) is 0 Å². The highest BCUT2D eigenvalue weighted by atomic mass is 14.9. The fourth-order valence-corrected chi connectivity index (χ4v) is 0.968. The average Bonchev–Trinajstić information content (AvgIpc) is 1.93. The summed E-state index contributed by atoms with van der Waals surface area (Å²) in [5, 5.41) is 3.45. The summed E-state index contributed by atoms with van der Waals surface area (Å²) in [7, 11) is 0. The van der Waals surface area contributed by atoms with E-state index in [1.54, 1.807) is 0 Å². The Morgan fingerprint density at radius 2 is 1.57 bits per heavy atom. The van der Waals surface area contributed by atoms with E-state index in [1.165, 1.54) is 12.0 Å². The molecule has 0 bridgehead atoms. The van der Waals surface area contributed by atoms with Crippen LogP contribution in [0.1, 0.15) is 48.0 Å². The van der Waals surface area contributed by atoms with Crippen LogP contribution in [-0.2, 0) is 0 Å². The third-order valence-corrected chi connectivity index (χ3v) is 2.45. The molecule has 0 spiro atoms. The van der Waals surface area contributed by atoms with E-state index in [0.717, 1.165) is 13.1 Å². The van der Waals surface area contributed by atoms with Crippen molar-refractivity contribution in [3.8, 4) is 0 Å². The van der Waals surface area contributed by atoms with Crippen LogP contribution in [0.15, 0.2) is 12.2 Å². The van der Waals surface area contributed by atoms with Gasteiger partial charge in [0.05, 0.1) is 0 Å². The lowest BCUT2D eigenvalue weighted by Crippen LogP contribution is -2.26. The highest BCUT2D eigenvalue weighted by Crippen LogP contribution is 2.22. The van der Waals surface area contributed by atoms with Crippen LogP contribution in [0, 0.1) is 10.8 Å². The highest BCUT2D eigenvalue weighted by Gasteiger charge is 2.14. The van der Waals surface area contributed by atoms with Crippen molar-refractivity contribution >= 4 is 0 Å². The van der Waals surface area contributed by atoms with Crippen molar-refractivity contribution in [2.75, 3.05) is 13.1 Å². The second-order valence-electron chi connectivity index (χ2n) is 6.34. The summed E-state index contributed by atoms with van der Waals surface area (Å²) in [4.78, 5) is 0. The molecule has 0 aliphatic heterocycles. The molecule has 0 saturated heterocycles. The molecule has 0 amide bonds. The molecule has 14 heavy (non-hydrogen) atoms. The number of rotatable bonds is 4. The van der Waals surface area contributed by atoms with Crippen molar-refractivity contribution in [1.29, 1.82) is 0 Å². The van der Waals surface area contributed by atoms with E-state index in [2.05, 4.69) is 53.4 Å². The highest BCUT2D eigenvalue weighted by molar-refractivity contribution is 5.06. The van der Waals surface area contributed by atoms with E-state index >= 15 is 0 Å². The lowest BCUT2D eigenvalue weighted by molar-refractivity contribution is 0.366. The van der Waals surface area contributed by atoms with Gasteiger partial charge in [-0.15, -0.1) is 0 Å². The van der Waals surface area contributed by atoms with E-state index in [4.69, 9.17) is 0 Å². The summed E-state index contributed by atoms with van der Waals surface area (Å²) >= 11 is 0. The molecule has 0 aromatic carbocycles. The number of hydrogen-bond donors (Lipinski definition) is 1. The lowest BCUT2D eigenvalue weighted by Gasteiger charge is -2.23. The summed E-state index contributed by atoms with van der Waals surface area (Å²) in [5.41, 5.74) is 1.94. The van der Waals surface area contributed by atoms with E-state index in [0.29, 0.717) is 5.41 Å². The van der Waals surface area contributed by atoms with Crippen LogP contribution in [-0.4, -0.2) is 13.1 Å². The van der Waals surface area contributed by atoms with Gasteiger partial charge in [-0.05, 0) is 23.8 Å². The van der Waals surface area contributed by atoms with E-state index in [1.807, 2.05) is 0 Å². The molecule has 1 N–H and O–H groups in total. The largest absolute Gasteiger partial charge is 0.313 e. The normalized spacial score (nSPS) is 13.0. The van der Waals surface area contributed by atoms with Gasteiger partial charge in [0.25, 0.3) is 0 Å². The maximum atomic E-state index is 4.10. The van der Waals surface area contributed by atoms with Gasteiger partial charge in [-0.2, -0.15) is 0 Å². The van der Waals surface area contributed by atoms with Crippen molar-refractivity contribution in [2.45, 2.75) is 48.0 Å². The van der Waals surface area contributed by atoms with Crippen molar-refractivity contribution in [3.05, 3.63) is 12.2 Å². The Hall–Kier alpha value is -0.300. The molecule has 0 heterocycles. The second-order valence-corrected chi connectivity index (χ2v) is 6.34. The molecule has 0 rings (SSSR count). The minimum absolute atomic E-state index is 0.231. The Morgan fingerprint density at radius 1 is 1.07 bits per heavy atom. The standard InChI is InChI=1S/C13H27N/c1-11(13(5,6)7)10-14-9-8-12(2,3)4/h14H,1,8-10H2,2-7H3. The van der Waals surface area contributed by atoms with E-state index in [9.17, 15) is 0 Å². The van der Waals surface area contributed by atoms with Gasteiger partial charge < -0.3 is 5.32 Å². The third-order valence-electron chi connectivity index (χ3n) is 2.45. The van der Waals surface area contributed by atoms with Crippen LogP contribution < -0.4 is 5.32 Å². The van der Waals surface area contributed by atoms with Crippen molar-refractivity contribution in [3.63, 3.8) is 0 Å². The Labute approximate surface area is 90.0 Å². The summed E-state index contributed by atoms with van der Waals surface area (Å²) in [6, 6.07) is 0. The van der Waals surface area contributed by atoms with Crippen molar-refractivity contribution in [2.24, 2.45) is 10.8 Å². The average molecular weight is 197 g/mol. The third kappa shape index (κ3) is 7.14. The molecule has 0 atom stereocenters. The van der Waals surface area contributed by atoms with Gasteiger partial charge in [-0.25, -0.2) is 0 Å². The second kappa shape index (κ2) is 4.97. The summed E-state index contributed by atoms with van der Waals surface area (Å²) in [5.74, 6) is 0. The van der Waals surface area contributed by atoms with Crippen LogP contribution in [0.4, 0.5) is 0 Å². The number of hydrogen-bond acceptors (Lipinski definition) is 1. The minimum Gasteiger partial charge on any atom is -0.313 e. The summed E-state index contributed by atoms with van der Waals surface area (Å²) < 4.78 is 0. The maximum absolute atomic E-state index is 4.10. The van der Waals surface area contributed by atoms with Gasteiger partial charge in [-0.1, -0.05) is 53.7 Å². The van der Waals surface area contributed by atoms with Gasteiger partial charge in [0, 0.05) is 6.54 Å². The van der Waals surface area contributed by atoms with Crippen molar-refractivity contribution < 1.29 is 0 Å². The fraction of sp³-hybridized carbons (Fsp3) is 0.846. The first-order valence-electron chi connectivity index (χ1n) is 5.52. The maximum Gasteiger partial charge on any atom is 0.0167 e. The quantitative estimate of drug-likeness (QED) is 0.536. The SMILES string of the molecule is C=C(CNCCC(C)(C)C)C(C)(C)C. The summed E-state index contributed by atoms with van der Waals surface area (Å²) in [6.45, 7) is 19.6.